The molecule has 27 heavy (non-hydrogen) atoms. The molecule has 1 fully saturated rings. The van der Waals surface area contributed by atoms with Crippen LogP contribution in [-0.4, -0.2) is 46.5 Å². The van der Waals surface area contributed by atoms with E-state index < -0.39 is 24.5 Å². The standard InChI is InChI=1S/C19H22F2N4O2/c1-14-2-4-15(5-3-14)12-27-18(26)25-9-6-16(19(20,21)13-25)10-24-17-11-22-7-8-23-17/h2-5,7-8,11,16H,6,9-10,12-13H2,1H3,(H,23,24). The van der Waals surface area contributed by atoms with E-state index in [4.69, 9.17) is 4.74 Å². The van der Waals surface area contributed by atoms with Gasteiger partial charge in [0.15, 0.2) is 0 Å². The molecule has 8 heteroatoms. The molecule has 0 radical (unpaired) electrons. The molecule has 1 saturated heterocycles. The van der Waals surface area contributed by atoms with Gasteiger partial charge in [-0.25, -0.2) is 18.6 Å². The van der Waals surface area contributed by atoms with E-state index in [1.165, 1.54) is 18.6 Å². The molecule has 144 valence electrons. The average Bonchev–Trinajstić information content (AvgIpc) is 2.66. The Morgan fingerprint density at radius 2 is 2.11 bits per heavy atom. The van der Waals surface area contributed by atoms with E-state index in [2.05, 4.69) is 15.3 Å². The number of aromatic nitrogens is 2. The van der Waals surface area contributed by atoms with Crippen LogP contribution in [0.1, 0.15) is 17.5 Å². The number of amides is 1. The lowest BCUT2D eigenvalue weighted by Crippen LogP contribution is -2.52. The molecule has 1 aliphatic heterocycles. The molecule has 2 aromatic rings. The third kappa shape index (κ3) is 5.12. The molecule has 1 amide bonds. The summed E-state index contributed by atoms with van der Waals surface area (Å²) in [6.07, 6.45) is 3.96. The molecular weight excluding hydrogens is 354 g/mol. The molecule has 6 nitrogen and oxygen atoms in total. The second kappa shape index (κ2) is 8.28. The van der Waals surface area contributed by atoms with Crippen molar-refractivity contribution in [1.82, 2.24) is 14.9 Å². The minimum absolute atomic E-state index is 0.0674. The molecule has 3 rings (SSSR count). The minimum Gasteiger partial charge on any atom is -0.445 e. The number of likely N-dealkylation sites (tertiary alicyclic amines) is 1. The number of alkyl halides is 2. The predicted octanol–water partition coefficient (Wildman–Crippen LogP) is 3.49. The van der Waals surface area contributed by atoms with Crippen LogP contribution in [0.3, 0.4) is 0 Å². The van der Waals surface area contributed by atoms with Gasteiger partial charge in [-0.1, -0.05) is 29.8 Å². The highest BCUT2D eigenvalue weighted by Gasteiger charge is 2.46. The first-order valence-electron chi connectivity index (χ1n) is 8.79. The van der Waals surface area contributed by atoms with Gasteiger partial charge in [-0.15, -0.1) is 0 Å². The Bertz CT molecular complexity index is 756. The van der Waals surface area contributed by atoms with E-state index >= 15 is 0 Å². The van der Waals surface area contributed by atoms with Crippen LogP contribution < -0.4 is 5.32 Å². The summed E-state index contributed by atoms with van der Waals surface area (Å²) in [6, 6.07) is 7.52. The summed E-state index contributed by atoms with van der Waals surface area (Å²) in [5.41, 5.74) is 1.92. The van der Waals surface area contributed by atoms with Gasteiger partial charge in [0.2, 0.25) is 0 Å². The van der Waals surface area contributed by atoms with Crippen molar-refractivity contribution in [3.05, 3.63) is 54.0 Å². The Kier molecular flexibility index (Phi) is 5.83. The number of aryl methyl sites for hydroxylation is 1. The zero-order valence-electron chi connectivity index (χ0n) is 15.1. The SMILES string of the molecule is Cc1ccc(COC(=O)N2CCC(CNc3cnccn3)C(F)(F)C2)cc1. The topological polar surface area (TPSA) is 67.3 Å². The van der Waals surface area contributed by atoms with E-state index in [1.54, 1.807) is 0 Å². The number of hydrogen-bond acceptors (Lipinski definition) is 5. The van der Waals surface area contributed by atoms with E-state index in [9.17, 15) is 13.6 Å². The van der Waals surface area contributed by atoms with Crippen LogP contribution in [-0.2, 0) is 11.3 Å². The molecular formula is C19H22F2N4O2. The fourth-order valence-electron chi connectivity index (χ4n) is 2.93. The number of nitrogens with zero attached hydrogens (tertiary/aromatic N) is 3. The van der Waals surface area contributed by atoms with Gasteiger partial charge in [0, 0.05) is 31.4 Å². The van der Waals surface area contributed by atoms with Crippen molar-refractivity contribution in [2.24, 2.45) is 5.92 Å². The summed E-state index contributed by atoms with van der Waals surface area (Å²) in [5, 5.41) is 2.88. The van der Waals surface area contributed by atoms with E-state index in [1.807, 2.05) is 31.2 Å². The number of piperidine rings is 1. The lowest BCUT2D eigenvalue weighted by Gasteiger charge is -2.37. The van der Waals surface area contributed by atoms with E-state index in [0.717, 1.165) is 16.0 Å². The first kappa shape index (κ1) is 19.0. The van der Waals surface area contributed by atoms with E-state index in [-0.39, 0.29) is 26.1 Å². The molecule has 1 unspecified atom stereocenters. The molecule has 0 saturated carbocycles. The van der Waals surface area contributed by atoms with Crippen molar-refractivity contribution < 1.29 is 18.3 Å². The predicted molar refractivity (Wildman–Crippen MR) is 96.5 cm³/mol. The first-order chi connectivity index (χ1) is 12.9. The number of carbonyl (C=O) groups excluding carboxylic acids is 1. The molecule has 0 bridgehead atoms. The molecule has 1 N–H and O–H groups in total. The Morgan fingerprint density at radius 1 is 1.33 bits per heavy atom. The smallest absolute Gasteiger partial charge is 0.410 e. The lowest BCUT2D eigenvalue weighted by molar-refractivity contribution is -0.101. The second-order valence-electron chi connectivity index (χ2n) is 6.68. The normalized spacial score (nSPS) is 18.8. The average molecular weight is 376 g/mol. The van der Waals surface area contributed by atoms with Gasteiger partial charge in [-0.2, -0.15) is 0 Å². The Hall–Kier alpha value is -2.77. The third-order valence-electron chi connectivity index (χ3n) is 4.58. The van der Waals surface area contributed by atoms with Crippen LogP contribution >= 0.6 is 0 Å². The van der Waals surface area contributed by atoms with Gasteiger partial charge in [0.05, 0.1) is 12.7 Å². The molecule has 0 spiro atoms. The molecule has 1 aromatic heterocycles. The largest absolute Gasteiger partial charge is 0.445 e. The summed E-state index contributed by atoms with van der Waals surface area (Å²) in [7, 11) is 0. The number of benzene rings is 1. The van der Waals surface area contributed by atoms with Gasteiger partial charge in [-0.05, 0) is 18.9 Å². The fraction of sp³-hybridized carbons (Fsp3) is 0.421. The minimum atomic E-state index is -3.00. The van der Waals surface area contributed by atoms with Crippen molar-refractivity contribution in [1.29, 1.82) is 0 Å². The number of carbonyl (C=O) groups is 1. The fourth-order valence-corrected chi connectivity index (χ4v) is 2.93. The number of hydrogen-bond donors (Lipinski definition) is 1. The van der Waals surface area contributed by atoms with Gasteiger partial charge < -0.3 is 15.0 Å². The first-order valence-corrected chi connectivity index (χ1v) is 8.79. The van der Waals surface area contributed by atoms with Crippen LogP contribution in [0.5, 0.6) is 0 Å². The summed E-state index contributed by atoms with van der Waals surface area (Å²) in [5.74, 6) is -3.44. The molecule has 1 atom stereocenters. The van der Waals surface area contributed by atoms with Crippen LogP contribution in [0.25, 0.3) is 0 Å². The van der Waals surface area contributed by atoms with Crippen molar-refractivity contribution in [2.45, 2.75) is 25.9 Å². The molecule has 1 aromatic carbocycles. The zero-order valence-corrected chi connectivity index (χ0v) is 15.1. The molecule has 1 aliphatic rings. The molecule has 2 heterocycles. The van der Waals surface area contributed by atoms with Crippen molar-refractivity contribution in [3.8, 4) is 0 Å². The second-order valence-corrected chi connectivity index (χ2v) is 6.68. The zero-order chi connectivity index (χ0) is 19.3. The monoisotopic (exact) mass is 376 g/mol. The Morgan fingerprint density at radius 3 is 2.78 bits per heavy atom. The quantitative estimate of drug-likeness (QED) is 0.865. The lowest BCUT2D eigenvalue weighted by atomic mass is 9.93. The highest BCUT2D eigenvalue weighted by molar-refractivity contribution is 5.68. The van der Waals surface area contributed by atoms with Crippen molar-refractivity contribution >= 4 is 11.9 Å². The summed E-state index contributed by atoms with van der Waals surface area (Å²) in [6.45, 7) is 1.68. The van der Waals surface area contributed by atoms with Gasteiger partial charge in [0.1, 0.15) is 12.4 Å². The van der Waals surface area contributed by atoms with Gasteiger partial charge in [-0.3, -0.25) is 4.98 Å². The molecule has 0 aliphatic carbocycles. The van der Waals surface area contributed by atoms with Crippen LogP contribution in [0.2, 0.25) is 0 Å². The van der Waals surface area contributed by atoms with Crippen LogP contribution in [0, 0.1) is 12.8 Å². The maximum Gasteiger partial charge on any atom is 0.410 e. The third-order valence-corrected chi connectivity index (χ3v) is 4.58. The van der Waals surface area contributed by atoms with Gasteiger partial charge >= 0.3 is 6.09 Å². The summed E-state index contributed by atoms with van der Waals surface area (Å²) >= 11 is 0. The van der Waals surface area contributed by atoms with Crippen LogP contribution in [0.4, 0.5) is 19.4 Å². The van der Waals surface area contributed by atoms with Crippen molar-refractivity contribution in [3.63, 3.8) is 0 Å². The summed E-state index contributed by atoms with van der Waals surface area (Å²) in [4.78, 5) is 21.1. The maximum atomic E-state index is 14.5. The number of rotatable bonds is 5. The Balaban J connectivity index is 1.49. The van der Waals surface area contributed by atoms with Gasteiger partial charge in [0.25, 0.3) is 5.92 Å². The maximum absolute atomic E-state index is 14.5. The van der Waals surface area contributed by atoms with Crippen molar-refractivity contribution in [2.75, 3.05) is 25.0 Å². The number of ether oxygens (including phenoxy) is 1. The highest BCUT2D eigenvalue weighted by atomic mass is 19.3. The Labute approximate surface area is 156 Å². The van der Waals surface area contributed by atoms with E-state index in [0.29, 0.717) is 5.82 Å². The van der Waals surface area contributed by atoms with Crippen LogP contribution in [0.15, 0.2) is 42.9 Å². The highest BCUT2D eigenvalue weighted by Crippen LogP contribution is 2.33. The number of halogens is 2. The number of anilines is 1. The number of nitrogens with one attached hydrogen (secondary N) is 1. The summed E-state index contributed by atoms with van der Waals surface area (Å²) < 4.78 is 34.1.